The maximum atomic E-state index is 2.22. The van der Waals surface area contributed by atoms with Crippen LogP contribution in [0.15, 0.2) is 60.8 Å². The van der Waals surface area contributed by atoms with Crippen molar-refractivity contribution in [3.05, 3.63) is 60.8 Å². The number of unbranched alkanes of at least 4 members (excludes halogenated alkanes) is 2. The second-order valence-electron chi connectivity index (χ2n) is 3.56. The maximum Gasteiger partial charge on any atom is -0.0348 e. The van der Waals surface area contributed by atoms with Gasteiger partial charge in [0.15, 0.2) is 0 Å². The van der Waals surface area contributed by atoms with E-state index in [0.29, 0.717) is 0 Å². The van der Waals surface area contributed by atoms with Gasteiger partial charge in [0.1, 0.15) is 0 Å². The summed E-state index contributed by atoms with van der Waals surface area (Å²) >= 11 is 0. The first-order valence-electron chi connectivity index (χ1n) is 6.23. The summed E-state index contributed by atoms with van der Waals surface area (Å²) < 4.78 is 0. The Morgan fingerprint density at radius 3 is 1.62 bits per heavy atom. The quantitative estimate of drug-likeness (QED) is 0.378. The molecule has 0 amide bonds. The number of hydrogen-bond acceptors (Lipinski definition) is 0. The molecule has 0 atom stereocenters. The molecule has 0 saturated heterocycles. The van der Waals surface area contributed by atoms with Gasteiger partial charge in [-0.3, -0.25) is 0 Å². The topological polar surface area (TPSA) is 0 Å². The monoisotopic (exact) mass is 216 g/mol. The molecule has 0 heterocycles. The van der Waals surface area contributed by atoms with Gasteiger partial charge in [-0.1, -0.05) is 87.4 Å². The lowest BCUT2D eigenvalue weighted by Gasteiger charge is -1.84. The highest BCUT2D eigenvalue weighted by Gasteiger charge is 1.74. The Labute approximate surface area is 101 Å². The van der Waals surface area contributed by atoms with E-state index in [9.17, 15) is 0 Å². The van der Waals surface area contributed by atoms with Gasteiger partial charge in [0, 0.05) is 0 Å². The van der Waals surface area contributed by atoms with Crippen LogP contribution in [0.1, 0.15) is 39.5 Å². The van der Waals surface area contributed by atoms with E-state index in [1.807, 2.05) is 24.3 Å². The second kappa shape index (κ2) is 13.7. The fraction of sp³-hybridized carbons (Fsp3) is 0.375. The molecule has 16 heavy (non-hydrogen) atoms. The SMILES string of the molecule is CCC=CC=CC=CC=CC=CCCCC. The summed E-state index contributed by atoms with van der Waals surface area (Å²) in [6, 6.07) is 0. The average molecular weight is 216 g/mol. The minimum Gasteiger partial charge on any atom is -0.0848 e. The Kier molecular flexibility index (Phi) is 12.6. The fourth-order valence-electron chi connectivity index (χ4n) is 1.10. The molecule has 0 bridgehead atoms. The van der Waals surface area contributed by atoms with Crippen LogP contribution in [-0.4, -0.2) is 0 Å². The van der Waals surface area contributed by atoms with Crippen LogP contribution < -0.4 is 0 Å². The van der Waals surface area contributed by atoms with Crippen molar-refractivity contribution in [1.82, 2.24) is 0 Å². The first-order chi connectivity index (χ1) is 7.91. The Balaban J connectivity index is 3.58. The zero-order chi connectivity index (χ0) is 11.9. The second-order valence-corrected chi connectivity index (χ2v) is 3.56. The summed E-state index contributed by atoms with van der Waals surface area (Å²) in [5.41, 5.74) is 0. The molecule has 0 rings (SSSR count). The van der Waals surface area contributed by atoms with E-state index in [4.69, 9.17) is 0 Å². The van der Waals surface area contributed by atoms with Crippen molar-refractivity contribution in [2.75, 3.05) is 0 Å². The van der Waals surface area contributed by atoms with E-state index in [2.05, 4.69) is 50.3 Å². The molecule has 0 aliphatic heterocycles. The van der Waals surface area contributed by atoms with Gasteiger partial charge < -0.3 is 0 Å². The van der Waals surface area contributed by atoms with E-state index in [-0.39, 0.29) is 0 Å². The van der Waals surface area contributed by atoms with Crippen molar-refractivity contribution in [3.8, 4) is 0 Å². The zero-order valence-corrected chi connectivity index (χ0v) is 10.6. The summed E-state index contributed by atoms with van der Waals surface area (Å²) in [4.78, 5) is 0. The molecule has 0 N–H and O–H groups in total. The van der Waals surface area contributed by atoms with Crippen molar-refractivity contribution in [3.63, 3.8) is 0 Å². The predicted octanol–water partition coefficient (Wildman–Crippen LogP) is 5.37. The van der Waals surface area contributed by atoms with Crippen molar-refractivity contribution in [2.24, 2.45) is 0 Å². The zero-order valence-electron chi connectivity index (χ0n) is 10.6. The highest BCUT2D eigenvalue weighted by Crippen LogP contribution is 1.94. The van der Waals surface area contributed by atoms with Gasteiger partial charge >= 0.3 is 0 Å². The Morgan fingerprint density at radius 2 is 1.12 bits per heavy atom. The van der Waals surface area contributed by atoms with Gasteiger partial charge in [0.2, 0.25) is 0 Å². The third-order valence-electron chi connectivity index (χ3n) is 2.01. The normalized spacial score (nSPS) is 13.4. The van der Waals surface area contributed by atoms with Crippen LogP contribution in [0.3, 0.4) is 0 Å². The van der Waals surface area contributed by atoms with Crippen LogP contribution in [0.4, 0.5) is 0 Å². The summed E-state index contributed by atoms with van der Waals surface area (Å²) in [5, 5.41) is 0. The largest absolute Gasteiger partial charge is 0.0848 e. The lowest BCUT2D eigenvalue weighted by atomic mass is 10.2. The molecular formula is C16H24. The van der Waals surface area contributed by atoms with Crippen molar-refractivity contribution < 1.29 is 0 Å². The molecule has 0 aromatic carbocycles. The van der Waals surface area contributed by atoms with Crippen LogP contribution in [0.2, 0.25) is 0 Å². The maximum absolute atomic E-state index is 2.22. The lowest BCUT2D eigenvalue weighted by molar-refractivity contribution is 0.815. The van der Waals surface area contributed by atoms with Gasteiger partial charge in [-0.25, -0.2) is 0 Å². The van der Waals surface area contributed by atoms with E-state index in [1.54, 1.807) is 0 Å². The highest BCUT2D eigenvalue weighted by molar-refractivity contribution is 5.17. The van der Waals surface area contributed by atoms with E-state index < -0.39 is 0 Å². The summed E-state index contributed by atoms with van der Waals surface area (Å²) in [7, 11) is 0. The molecule has 0 fully saturated rings. The van der Waals surface area contributed by atoms with Crippen molar-refractivity contribution in [2.45, 2.75) is 39.5 Å². The number of allylic oxidation sites excluding steroid dienone is 10. The first kappa shape index (κ1) is 14.7. The first-order valence-corrected chi connectivity index (χ1v) is 6.23. The molecule has 0 heteroatoms. The highest BCUT2D eigenvalue weighted by atomic mass is 13.8. The summed E-state index contributed by atoms with van der Waals surface area (Å²) in [6.07, 6.45) is 25.7. The average Bonchev–Trinajstić information content (AvgIpc) is 2.31. The third-order valence-corrected chi connectivity index (χ3v) is 2.01. The molecule has 0 spiro atoms. The van der Waals surface area contributed by atoms with Crippen LogP contribution in [-0.2, 0) is 0 Å². The summed E-state index contributed by atoms with van der Waals surface area (Å²) in [5.74, 6) is 0. The Hall–Kier alpha value is -1.30. The van der Waals surface area contributed by atoms with Crippen molar-refractivity contribution >= 4 is 0 Å². The molecule has 0 aromatic rings. The molecule has 0 saturated carbocycles. The molecule has 0 nitrogen and oxygen atoms in total. The minimum absolute atomic E-state index is 1.09. The van der Waals surface area contributed by atoms with Gasteiger partial charge in [0.25, 0.3) is 0 Å². The van der Waals surface area contributed by atoms with Gasteiger partial charge in [-0.2, -0.15) is 0 Å². The molecular weight excluding hydrogens is 192 g/mol. The summed E-state index contributed by atoms with van der Waals surface area (Å²) in [6.45, 7) is 4.35. The standard InChI is InChI=1S/C16H24/c1-3-5-7-9-11-13-15-16-14-12-10-8-6-4-2/h5,7,9-16H,3-4,6,8H2,1-2H3. The Morgan fingerprint density at radius 1 is 0.625 bits per heavy atom. The lowest BCUT2D eigenvalue weighted by Crippen LogP contribution is -1.64. The molecule has 0 aliphatic rings. The number of rotatable bonds is 8. The van der Waals surface area contributed by atoms with E-state index in [0.717, 1.165) is 6.42 Å². The molecule has 0 radical (unpaired) electrons. The smallest absolute Gasteiger partial charge is 0.0348 e. The Bertz CT molecular complexity index is 262. The molecule has 0 unspecified atom stereocenters. The van der Waals surface area contributed by atoms with Crippen LogP contribution in [0, 0.1) is 0 Å². The van der Waals surface area contributed by atoms with Crippen molar-refractivity contribution in [1.29, 1.82) is 0 Å². The van der Waals surface area contributed by atoms with Crippen LogP contribution >= 0.6 is 0 Å². The van der Waals surface area contributed by atoms with Gasteiger partial charge in [-0.15, -0.1) is 0 Å². The van der Waals surface area contributed by atoms with E-state index >= 15 is 0 Å². The van der Waals surface area contributed by atoms with Gasteiger partial charge in [0.05, 0.1) is 0 Å². The molecule has 0 aliphatic carbocycles. The molecule has 0 aromatic heterocycles. The number of hydrogen-bond donors (Lipinski definition) is 0. The van der Waals surface area contributed by atoms with Crippen LogP contribution in [0.5, 0.6) is 0 Å². The minimum atomic E-state index is 1.09. The van der Waals surface area contributed by atoms with E-state index in [1.165, 1.54) is 19.3 Å². The van der Waals surface area contributed by atoms with Crippen LogP contribution in [0.25, 0.3) is 0 Å². The third kappa shape index (κ3) is 12.7. The fourth-order valence-corrected chi connectivity index (χ4v) is 1.10. The van der Waals surface area contributed by atoms with Gasteiger partial charge in [-0.05, 0) is 12.8 Å². The predicted molar refractivity (Wildman–Crippen MR) is 75.5 cm³/mol. The molecule has 88 valence electrons.